The first-order valence-electron chi connectivity index (χ1n) is 10.5. The molecule has 0 aliphatic carbocycles. The first kappa shape index (κ1) is 24.4. The number of nitrogens with one attached hydrogen (secondary N) is 2. The van der Waals surface area contributed by atoms with Crippen LogP contribution < -0.4 is 10.0 Å². The number of hydrogen-bond donors (Lipinski definition) is 2. The van der Waals surface area contributed by atoms with E-state index in [1.807, 2.05) is 57.2 Å². The number of hydrogen-bond acceptors (Lipinski definition) is 6. The lowest BCUT2D eigenvalue weighted by Gasteiger charge is -2.28. The molecule has 174 valence electrons. The lowest BCUT2D eigenvalue weighted by atomic mass is 9.88. The summed E-state index contributed by atoms with van der Waals surface area (Å²) in [5.41, 5.74) is -0.614. The van der Waals surface area contributed by atoms with E-state index in [9.17, 15) is 18.5 Å². The zero-order chi connectivity index (χ0) is 24.3. The zero-order valence-corrected chi connectivity index (χ0v) is 19.9. The summed E-state index contributed by atoms with van der Waals surface area (Å²) in [6.45, 7) is 7.47. The Labute approximate surface area is 194 Å². The fourth-order valence-corrected chi connectivity index (χ4v) is 4.62. The van der Waals surface area contributed by atoms with Gasteiger partial charge in [0.25, 0.3) is 10.0 Å². The van der Waals surface area contributed by atoms with Gasteiger partial charge in [-0.15, -0.1) is 0 Å². The highest BCUT2D eigenvalue weighted by molar-refractivity contribution is 7.90. The molecule has 8 nitrogen and oxygen atoms in total. The Kier molecular flexibility index (Phi) is 6.91. The second-order valence-corrected chi connectivity index (χ2v) is 10.9. The number of sulfonamides is 1. The molecule has 0 saturated heterocycles. The van der Waals surface area contributed by atoms with Gasteiger partial charge in [-0.05, 0) is 36.5 Å². The van der Waals surface area contributed by atoms with Crippen molar-refractivity contribution in [2.45, 2.75) is 57.4 Å². The molecule has 2 atom stereocenters. The maximum Gasteiger partial charge on any atom is 0.263 e. The summed E-state index contributed by atoms with van der Waals surface area (Å²) >= 11 is 0. The molecule has 3 rings (SSSR count). The van der Waals surface area contributed by atoms with E-state index in [0.29, 0.717) is 12.0 Å². The van der Waals surface area contributed by atoms with Crippen molar-refractivity contribution in [3.05, 3.63) is 65.7 Å². The van der Waals surface area contributed by atoms with Gasteiger partial charge < -0.3 is 10.1 Å². The number of amidine groups is 1. The second-order valence-electron chi connectivity index (χ2n) is 9.27. The van der Waals surface area contributed by atoms with Gasteiger partial charge in [0.15, 0.2) is 0 Å². The summed E-state index contributed by atoms with van der Waals surface area (Å²) in [7, 11) is -3.74. The van der Waals surface area contributed by atoms with Crippen molar-refractivity contribution >= 4 is 21.8 Å². The standard InChI is InChI=1S/C24H28N4O4S/c1-23(2,3)14-19(26-21-18-12-8-9-13-20(18)33(30,31)28-21)22(29)27-24(4,16-25)32-15-17-10-6-5-7-11-17/h5-13,19H,14-15H2,1-4H3,(H,26,28)(H,27,29). The van der Waals surface area contributed by atoms with E-state index in [0.717, 1.165) is 5.56 Å². The van der Waals surface area contributed by atoms with E-state index in [2.05, 4.69) is 15.0 Å². The summed E-state index contributed by atoms with van der Waals surface area (Å²) < 4.78 is 33.0. The van der Waals surface area contributed by atoms with Gasteiger partial charge in [-0.3, -0.25) is 14.5 Å². The maximum atomic E-state index is 13.2. The average molecular weight is 469 g/mol. The topological polar surface area (TPSA) is 121 Å². The van der Waals surface area contributed by atoms with Crippen molar-refractivity contribution < 1.29 is 17.9 Å². The SMILES string of the molecule is CC(C)(C)CC(N=C1NS(=O)(=O)c2ccccc21)C(=O)NC(C)(C#N)OCc1ccccc1. The van der Waals surface area contributed by atoms with Crippen molar-refractivity contribution in [3.63, 3.8) is 0 Å². The molecule has 1 aliphatic rings. The highest BCUT2D eigenvalue weighted by Gasteiger charge is 2.35. The number of fused-ring (bicyclic) bond motifs is 1. The number of amides is 1. The highest BCUT2D eigenvalue weighted by Crippen LogP contribution is 2.27. The van der Waals surface area contributed by atoms with Crippen LogP contribution in [-0.4, -0.2) is 31.9 Å². The summed E-state index contributed by atoms with van der Waals surface area (Å²) in [6.07, 6.45) is 0.326. The molecule has 2 N–H and O–H groups in total. The molecule has 0 radical (unpaired) electrons. The molecule has 2 unspecified atom stereocenters. The third kappa shape index (κ3) is 6.18. The van der Waals surface area contributed by atoms with Gasteiger partial charge in [-0.1, -0.05) is 63.2 Å². The first-order chi connectivity index (χ1) is 15.4. The largest absolute Gasteiger partial charge is 0.339 e. The van der Waals surface area contributed by atoms with Gasteiger partial charge in [0, 0.05) is 5.56 Å². The predicted octanol–water partition coefficient (Wildman–Crippen LogP) is 3.10. The van der Waals surface area contributed by atoms with E-state index < -0.39 is 27.7 Å². The Morgan fingerprint density at radius 1 is 1.12 bits per heavy atom. The van der Waals surface area contributed by atoms with Crippen molar-refractivity contribution in [2.24, 2.45) is 10.4 Å². The van der Waals surface area contributed by atoms with Crippen LogP contribution in [0.3, 0.4) is 0 Å². The molecule has 0 bridgehead atoms. The van der Waals surface area contributed by atoms with Gasteiger partial charge >= 0.3 is 0 Å². The van der Waals surface area contributed by atoms with Gasteiger partial charge in [0.1, 0.15) is 17.9 Å². The molecule has 0 spiro atoms. The van der Waals surface area contributed by atoms with Crippen LogP contribution in [0.25, 0.3) is 0 Å². The van der Waals surface area contributed by atoms with Crippen LogP contribution in [-0.2, 0) is 26.2 Å². The maximum absolute atomic E-state index is 13.2. The molecule has 1 heterocycles. The molecule has 9 heteroatoms. The highest BCUT2D eigenvalue weighted by atomic mass is 32.2. The Morgan fingerprint density at radius 2 is 1.76 bits per heavy atom. The van der Waals surface area contributed by atoms with Crippen molar-refractivity contribution in [1.29, 1.82) is 5.26 Å². The van der Waals surface area contributed by atoms with Crippen molar-refractivity contribution in [2.75, 3.05) is 0 Å². The molecule has 0 fully saturated rings. The Hall–Kier alpha value is -3.22. The van der Waals surface area contributed by atoms with Crippen LogP contribution in [0.15, 0.2) is 64.5 Å². The number of nitriles is 1. The molecule has 2 aromatic rings. The molecule has 2 aromatic carbocycles. The third-order valence-corrected chi connectivity index (χ3v) is 6.40. The lowest BCUT2D eigenvalue weighted by molar-refractivity contribution is -0.130. The summed E-state index contributed by atoms with van der Waals surface area (Å²) in [5, 5.41) is 12.3. The molecular formula is C24H28N4O4S. The van der Waals surface area contributed by atoms with Crippen molar-refractivity contribution in [1.82, 2.24) is 10.0 Å². The number of carbonyl (C=O) groups is 1. The summed E-state index contributed by atoms with van der Waals surface area (Å²) in [6, 6.07) is 16.8. The van der Waals surface area contributed by atoms with Gasteiger partial charge in [-0.25, -0.2) is 8.42 Å². The fourth-order valence-electron chi connectivity index (χ4n) is 3.38. The Bertz CT molecular complexity index is 1200. The Morgan fingerprint density at radius 3 is 2.39 bits per heavy atom. The van der Waals surface area contributed by atoms with Gasteiger partial charge in [-0.2, -0.15) is 5.26 Å². The Balaban J connectivity index is 1.86. The molecule has 33 heavy (non-hydrogen) atoms. The number of rotatable bonds is 7. The quantitative estimate of drug-likeness (QED) is 0.605. The predicted molar refractivity (Wildman–Crippen MR) is 125 cm³/mol. The van der Waals surface area contributed by atoms with E-state index in [4.69, 9.17) is 4.74 Å². The molecule has 1 aliphatic heterocycles. The molecular weight excluding hydrogens is 440 g/mol. The van der Waals surface area contributed by atoms with Crippen LogP contribution in [0.5, 0.6) is 0 Å². The number of carbonyl (C=O) groups excluding carboxylic acids is 1. The van der Waals surface area contributed by atoms with E-state index >= 15 is 0 Å². The van der Waals surface area contributed by atoms with Crippen LogP contribution >= 0.6 is 0 Å². The first-order valence-corrected chi connectivity index (χ1v) is 12.0. The minimum absolute atomic E-state index is 0.110. The smallest absolute Gasteiger partial charge is 0.263 e. The fraction of sp³-hybridized carbons (Fsp3) is 0.375. The van der Waals surface area contributed by atoms with Crippen molar-refractivity contribution in [3.8, 4) is 6.07 Å². The van der Waals surface area contributed by atoms with E-state index in [1.54, 1.807) is 18.2 Å². The van der Waals surface area contributed by atoms with Gasteiger partial charge in [0.2, 0.25) is 11.6 Å². The summed E-state index contributed by atoms with van der Waals surface area (Å²) in [4.78, 5) is 17.8. The molecule has 1 amide bonds. The third-order valence-electron chi connectivity index (χ3n) is 5.00. The molecule has 0 saturated carbocycles. The minimum Gasteiger partial charge on any atom is -0.339 e. The van der Waals surface area contributed by atoms with Crippen LogP contribution in [0, 0.1) is 16.7 Å². The number of ether oxygens (including phenoxy) is 1. The van der Waals surface area contributed by atoms with Crippen LogP contribution in [0.1, 0.15) is 45.2 Å². The van der Waals surface area contributed by atoms with Gasteiger partial charge in [0.05, 0.1) is 11.5 Å². The number of aliphatic imine (C=N–C) groups is 1. The van der Waals surface area contributed by atoms with E-state index in [-0.39, 0.29) is 22.8 Å². The summed E-state index contributed by atoms with van der Waals surface area (Å²) in [5.74, 6) is -0.419. The number of nitrogens with zero attached hydrogens (tertiary/aromatic N) is 2. The molecule has 0 aromatic heterocycles. The zero-order valence-electron chi connectivity index (χ0n) is 19.1. The second kappa shape index (κ2) is 9.33. The number of benzene rings is 2. The monoisotopic (exact) mass is 468 g/mol. The van der Waals surface area contributed by atoms with Crippen LogP contribution in [0.2, 0.25) is 0 Å². The van der Waals surface area contributed by atoms with Crippen LogP contribution in [0.4, 0.5) is 0 Å². The average Bonchev–Trinajstić information content (AvgIpc) is 3.02. The van der Waals surface area contributed by atoms with E-state index in [1.165, 1.54) is 13.0 Å². The minimum atomic E-state index is -3.74. The normalized spacial score (nSPS) is 18.5. The lowest BCUT2D eigenvalue weighted by Crippen LogP contribution is -2.51.